The molecule has 0 spiro atoms. The zero-order valence-corrected chi connectivity index (χ0v) is 10.6. The molecule has 1 aromatic heterocycles. The Kier molecular flexibility index (Phi) is 7.42. The second-order valence-electron chi connectivity index (χ2n) is 3.79. The third-order valence-electron chi connectivity index (χ3n) is 2.21. The van der Waals surface area contributed by atoms with Gasteiger partial charge < -0.3 is 15.2 Å². The van der Waals surface area contributed by atoms with Gasteiger partial charge in [-0.15, -0.1) is 11.3 Å². The highest BCUT2D eigenvalue weighted by Gasteiger charge is 2.03. The Bertz CT molecular complexity index is 252. The van der Waals surface area contributed by atoms with E-state index in [2.05, 4.69) is 23.7 Å². The molecule has 1 rings (SSSR count). The molecule has 0 fully saturated rings. The van der Waals surface area contributed by atoms with Crippen LogP contribution in [-0.4, -0.2) is 31.0 Å². The first-order valence-corrected chi connectivity index (χ1v) is 6.69. The number of aliphatic hydroxyl groups excluding tert-OH is 1. The Morgan fingerprint density at radius 2 is 2.44 bits per heavy atom. The number of aliphatic hydroxyl groups is 1. The largest absolute Gasteiger partial charge is 0.389 e. The number of ether oxygens (including phenoxy) is 1. The van der Waals surface area contributed by atoms with Crippen LogP contribution in [0.5, 0.6) is 0 Å². The molecule has 2 N–H and O–H groups in total. The van der Waals surface area contributed by atoms with Crippen LogP contribution in [0, 0.1) is 0 Å². The van der Waals surface area contributed by atoms with Crippen LogP contribution in [0.4, 0.5) is 0 Å². The molecule has 92 valence electrons. The molecule has 1 atom stereocenters. The van der Waals surface area contributed by atoms with Gasteiger partial charge >= 0.3 is 0 Å². The van der Waals surface area contributed by atoms with E-state index in [1.165, 1.54) is 4.88 Å². The molecule has 1 aromatic rings. The fraction of sp³-hybridized carbons (Fsp3) is 0.667. The average Bonchev–Trinajstić information content (AvgIpc) is 2.77. The summed E-state index contributed by atoms with van der Waals surface area (Å²) < 4.78 is 5.34. The fourth-order valence-corrected chi connectivity index (χ4v) is 1.97. The summed E-state index contributed by atoms with van der Waals surface area (Å²) in [7, 11) is 0. The van der Waals surface area contributed by atoms with E-state index in [0.717, 1.165) is 26.0 Å². The maximum Gasteiger partial charge on any atom is 0.0897 e. The summed E-state index contributed by atoms with van der Waals surface area (Å²) in [5.74, 6) is 0. The molecular weight excluding hydrogens is 222 g/mol. The quantitative estimate of drug-likeness (QED) is 0.652. The number of hydrogen-bond acceptors (Lipinski definition) is 4. The van der Waals surface area contributed by atoms with Crippen LogP contribution in [-0.2, 0) is 11.3 Å². The van der Waals surface area contributed by atoms with Crippen LogP contribution in [0.3, 0.4) is 0 Å². The minimum Gasteiger partial charge on any atom is -0.389 e. The van der Waals surface area contributed by atoms with Crippen LogP contribution in [0.25, 0.3) is 0 Å². The molecule has 1 unspecified atom stereocenters. The second kappa shape index (κ2) is 8.70. The molecule has 3 nitrogen and oxygen atoms in total. The molecule has 0 saturated carbocycles. The smallest absolute Gasteiger partial charge is 0.0897 e. The highest BCUT2D eigenvalue weighted by atomic mass is 32.1. The van der Waals surface area contributed by atoms with Crippen LogP contribution in [0.1, 0.15) is 24.6 Å². The first-order valence-electron chi connectivity index (χ1n) is 5.81. The lowest BCUT2D eigenvalue weighted by Gasteiger charge is -2.11. The van der Waals surface area contributed by atoms with Gasteiger partial charge in [0.25, 0.3) is 0 Å². The molecule has 0 aliphatic rings. The van der Waals surface area contributed by atoms with E-state index in [-0.39, 0.29) is 0 Å². The molecule has 0 amide bonds. The molecular formula is C12H21NO2S. The lowest BCUT2D eigenvalue weighted by Crippen LogP contribution is -2.30. The molecule has 0 aliphatic carbocycles. The van der Waals surface area contributed by atoms with Gasteiger partial charge in [-0.05, 0) is 17.9 Å². The molecule has 4 heteroatoms. The van der Waals surface area contributed by atoms with E-state index >= 15 is 0 Å². The van der Waals surface area contributed by atoms with Crippen molar-refractivity contribution in [2.75, 3.05) is 19.8 Å². The number of rotatable bonds is 9. The van der Waals surface area contributed by atoms with Crippen molar-refractivity contribution in [3.8, 4) is 0 Å². The Balaban J connectivity index is 1.95. The summed E-state index contributed by atoms with van der Waals surface area (Å²) in [6.45, 7) is 4.71. The van der Waals surface area contributed by atoms with E-state index in [1.807, 2.05) is 6.07 Å². The van der Waals surface area contributed by atoms with Crippen molar-refractivity contribution in [2.24, 2.45) is 0 Å². The summed E-state index contributed by atoms with van der Waals surface area (Å²) in [6.07, 6.45) is 1.79. The fourth-order valence-electron chi connectivity index (χ4n) is 1.30. The molecule has 0 aliphatic heterocycles. The molecule has 1 heterocycles. The van der Waals surface area contributed by atoms with Crippen LogP contribution < -0.4 is 5.32 Å². The Labute approximate surface area is 101 Å². The maximum absolute atomic E-state index is 9.59. The molecule has 0 bridgehead atoms. The summed E-state index contributed by atoms with van der Waals surface area (Å²) in [6, 6.07) is 4.12. The first-order chi connectivity index (χ1) is 7.83. The SMILES string of the molecule is CCCCOCC(O)CNCc1cccs1. The summed E-state index contributed by atoms with van der Waals surface area (Å²) >= 11 is 1.72. The number of hydrogen-bond donors (Lipinski definition) is 2. The number of thiophene rings is 1. The van der Waals surface area contributed by atoms with Gasteiger partial charge in [0.1, 0.15) is 0 Å². The van der Waals surface area contributed by atoms with Crippen molar-refractivity contribution in [3.05, 3.63) is 22.4 Å². The van der Waals surface area contributed by atoms with Gasteiger partial charge in [0.15, 0.2) is 0 Å². The van der Waals surface area contributed by atoms with E-state index < -0.39 is 6.10 Å². The summed E-state index contributed by atoms with van der Waals surface area (Å²) in [4.78, 5) is 1.29. The van der Waals surface area contributed by atoms with Crippen molar-refractivity contribution < 1.29 is 9.84 Å². The standard InChI is InChI=1S/C12H21NO2S/c1-2-3-6-15-10-11(14)8-13-9-12-5-4-7-16-12/h4-5,7,11,13-14H,2-3,6,8-10H2,1H3. The van der Waals surface area contributed by atoms with Crippen molar-refractivity contribution in [1.29, 1.82) is 0 Å². The number of nitrogens with one attached hydrogen (secondary N) is 1. The van der Waals surface area contributed by atoms with Crippen molar-refractivity contribution in [1.82, 2.24) is 5.32 Å². The predicted octanol–water partition coefficient (Wildman–Crippen LogP) is 2.02. The van der Waals surface area contributed by atoms with Crippen molar-refractivity contribution in [3.63, 3.8) is 0 Å². The predicted molar refractivity (Wildman–Crippen MR) is 67.8 cm³/mol. The van der Waals surface area contributed by atoms with Crippen LogP contribution >= 0.6 is 11.3 Å². The van der Waals surface area contributed by atoms with Gasteiger partial charge in [0.2, 0.25) is 0 Å². The monoisotopic (exact) mass is 243 g/mol. The van der Waals surface area contributed by atoms with Crippen molar-refractivity contribution in [2.45, 2.75) is 32.4 Å². The first kappa shape index (κ1) is 13.6. The van der Waals surface area contributed by atoms with Crippen LogP contribution in [0.15, 0.2) is 17.5 Å². The minimum absolute atomic E-state index is 0.406. The average molecular weight is 243 g/mol. The van der Waals surface area contributed by atoms with Gasteiger partial charge in [-0.3, -0.25) is 0 Å². The number of unbranched alkanes of at least 4 members (excludes halogenated alkanes) is 1. The van der Waals surface area contributed by atoms with E-state index in [9.17, 15) is 5.11 Å². The highest BCUT2D eigenvalue weighted by Crippen LogP contribution is 2.07. The Hall–Kier alpha value is -0.420. The summed E-state index contributed by atoms with van der Waals surface area (Å²) in [5.41, 5.74) is 0. The lowest BCUT2D eigenvalue weighted by molar-refractivity contribution is 0.0358. The van der Waals surface area contributed by atoms with Gasteiger partial charge in [-0.25, -0.2) is 0 Å². The lowest BCUT2D eigenvalue weighted by atomic mass is 10.3. The third kappa shape index (κ3) is 6.23. The third-order valence-corrected chi connectivity index (χ3v) is 3.09. The molecule has 0 saturated heterocycles. The van der Waals surface area contributed by atoms with E-state index in [4.69, 9.17) is 4.74 Å². The van der Waals surface area contributed by atoms with E-state index in [0.29, 0.717) is 13.2 Å². The molecule has 0 radical (unpaired) electrons. The Morgan fingerprint density at radius 1 is 1.56 bits per heavy atom. The van der Waals surface area contributed by atoms with Gasteiger partial charge in [-0.1, -0.05) is 19.4 Å². The van der Waals surface area contributed by atoms with E-state index in [1.54, 1.807) is 11.3 Å². The molecule has 16 heavy (non-hydrogen) atoms. The second-order valence-corrected chi connectivity index (χ2v) is 4.82. The van der Waals surface area contributed by atoms with Gasteiger partial charge in [0.05, 0.1) is 12.7 Å². The van der Waals surface area contributed by atoms with Gasteiger partial charge in [-0.2, -0.15) is 0 Å². The maximum atomic E-state index is 9.59. The summed E-state index contributed by atoms with van der Waals surface area (Å²) in [5, 5.41) is 14.9. The zero-order chi connectivity index (χ0) is 11.6. The zero-order valence-electron chi connectivity index (χ0n) is 9.82. The normalized spacial score (nSPS) is 12.9. The van der Waals surface area contributed by atoms with Crippen molar-refractivity contribution >= 4 is 11.3 Å². The minimum atomic E-state index is -0.406. The highest BCUT2D eigenvalue weighted by molar-refractivity contribution is 7.09. The van der Waals surface area contributed by atoms with Crippen LogP contribution in [0.2, 0.25) is 0 Å². The Morgan fingerprint density at radius 3 is 3.12 bits per heavy atom. The van der Waals surface area contributed by atoms with Gasteiger partial charge in [0, 0.05) is 24.6 Å². The topological polar surface area (TPSA) is 41.5 Å². The molecule has 0 aromatic carbocycles.